The molecule has 2 aromatic rings. The number of aryl methyl sites for hydroxylation is 2. The number of ether oxygens (including phenoxy) is 1. The second kappa shape index (κ2) is 5.66. The summed E-state index contributed by atoms with van der Waals surface area (Å²) in [6, 6.07) is 9.10. The Morgan fingerprint density at radius 2 is 1.90 bits per heavy atom. The van der Waals surface area contributed by atoms with E-state index in [1.54, 1.807) is 11.3 Å². The molecule has 0 amide bonds. The second-order valence-electron chi connectivity index (χ2n) is 5.54. The van der Waals surface area contributed by atoms with Crippen molar-refractivity contribution in [2.45, 2.75) is 38.5 Å². The van der Waals surface area contributed by atoms with Crippen molar-refractivity contribution in [3.05, 3.63) is 51.5 Å². The summed E-state index contributed by atoms with van der Waals surface area (Å²) in [7, 11) is 0. The van der Waals surface area contributed by atoms with Crippen molar-refractivity contribution >= 4 is 11.3 Å². The van der Waals surface area contributed by atoms with Gasteiger partial charge in [-0.2, -0.15) is 0 Å². The van der Waals surface area contributed by atoms with Crippen molar-refractivity contribution in [1.29, 1.82) is 0 Å². The van der Waals surface area contributed by atoms with Crippen LogP contribution in [0.15, 0.2) is 29.6 Å². The molecule has 1 fully saturated rings. The van der Waals surface area contributed by atoms with Crippen molar-refractivity contribution in [2.75, 3.05) is 13.2 Å². The standard InChI is InChI=1S/C17H21NOS/c1-3-14-4-6-15(7-5-14)17(8-10-19-11-9-17)16-18-13(2)12-20-16/h4-7,12H,3,8-11H2,1-2H3. The van der Waals surface area contributed by atoms with Crippen LogP contribution >= 0.6 is 11.3 Å². The van der Waals surface area contributed by atoms with Gasteiger partial charge in [0.15, 0.2) is 0 Å². The Hall–Kier alpha value is -1.19. The van der Waals surface area contributed by atoms with Crippen molar-refractivity contribution in [3.63, 3.8) is 0 Å². The Kier molecular flexibility index (Phi) is 3.90. The van der Waals surface area contributed by atoms with Gasteiger partial charge in [-0.05, 0) is 37.3 Å². The van der Waals surface area contributed by atoms with E-state index < -0.39 is 0 Å². The molecular weight excluding hydrogens is 266 g/mol. The summed E-state index contributed by atoms with van der Waals surface area (Å²) in [5, 5.41) is 3.41. The maximum Gasteiger partial charge on any atom is 0.104 e. The van der Waals surface area contributed by atoms with E-state index in [-0.39, 0.29) is 5.41 Å². The first kappa shape index (κ1) is 13.8. The zero-order valence-corrected chi connectivity index (χ0v) is 13.0. The third-order valence-electron chi connectivity index (χ3n) is 4.29. The van der Waals surface area contributed by atoms with Gasteiger partial charge >= 0.3 is 0 Å². The molecular formula is C17H21NOS. The highest BCUT2D eigenvalue weighted by Crippen LogP contribution is 2.42. The molecule has 20 heavy (non-hydrogen) atoms. The second-order valence-corrected chi connectivity index (χ2v) is 6.40. The Morgan fingerprint density at radius 3 is 2.45 bits per heavy atom. The molecule has 0 unspecified atom stereocenters. The summed E-state index contributed by atoms with van der Waals surface area (Å²) in [5.74, 6) is 0. The summed E-state index contributed by atoms with van der Waals surface area (Å²) in [4.78, 5) is 4.79. The van der Waals surface area contributed by atoms with Crippen molar-refractivity contribution in [3.8, 4) is 0 Å². The maximum absolute atomic E-state index is 5.60. The summed E-state index contributed by atoms with van der Waals surface area (Å²) >= 11 is 1.79. The fourth-order valence-electron chi connectivity index (χ4n) is 2.98. The van der Waals surface area contributed by atoms with E-state index in [9.17, 15) is 0 Å². The fourth-order valence-corrected chi connectivity index (χ4v) is 4.06. The van der Waals surface area contributed by atoms with Crippen LogP contribution in [0.3, 0.4) is 0 Å². The molecule has 0 aliphatic carbocycles. The van der Waals surface area contributed by atoms with Crippen LogP contribution < -0.4 is 0 Å². The first-order valence-electron chi connectivity index (χ1n) is 7.34. The molecule has 106 valence electrons. The van der Waals surface area contributed by atoms with E-state index in [4.69, 9.17) is 9.72 Å². The first-order valence-corrected chi connectivity index (χ1v) is 8.22. The normalized spacial score (nSPS) is 18.1. The van der Waals surface area contributed by atoms with E-state index in [0.717, 1.165) is 38.2 Å². The number of nitrogens with zero attached hydrogens (tertiary/aromatic N) is 1. The van der Waals surface area contributed by atoms with Crippen LogP contribution in [0, 0.1) is 6.92 Å². The van der Waals surface area contributed by atoms with E-state index in [1.807, 2.05) is 0 Å². The number of aromatic nitrogens is 1. The molecule has 1 aromatic heterocycles. The largest absolute Gasteiger partial charge is 0.381 e. The minimum absolute atomic E-state index is 0.0590. The predicted octanol–water partition coefficient (Wildman–Crippen LogP) is 4.11. The Balaban J connectivity index is 2.04. The lowest BCUT2D eigenvalue weighted by molar-refractivity contribution is 0.0630. The minimum atomic E-state index is 0.0590. The van der Waals surface area contributed by atoms with Crippen LogP contribution in [0.4, 0.5) is 0 Å². The number of hydrogen-bond acceptors (Lipinski definition) is 3. The first-order chi connectivity index (χ1) is 9.74. The highest BCUT2D eigenvalue weighted by molar-refractivity contribution is 7.09. The minimum Gasteiger partial charge on any atom is -0.381 e. The van der Waals surface area contributed by atoms with Gasteiger partial charge in [-0.15, -0.1) is 11.3 Å². The lowest BCUT2D eigenvalue weighted by Gasteiger charge is -2.36. The van der Waals surface area contributed by atoms with Gasteiger partial charge in [0.2, 0.25) is 0 Å². The molecule has 3 heteroatoms. The molecule has 0 radical (unpaired) electrons. The Morgan fingerprint density at radius 1 is 1.20 bits per heavy atom. The average Bonchev–Trinajstić information content (AvgIpc) is 2.95. The van der Waals surface area contributed by atoms with Gasteiger partial charge in [0.05, 0.1) is 5.41 Å². The SMILES string of the molecule is CCc1ccc(C2(c3nc(C)cs3)CCOCC2)cc1. The molecule has 1 aromatic carbocycles. The topological polar surface area (TPSA) is 22.1 Å². The van der Waals surface area contributed by atoms with Crippen molar-refractivity contribution < 1.29 is 4.74 Å². The summed E-state index contributed by atoms with van der Waals surface area (Å²) in [6.45, 7) is 5.93. The average molecular weight is 287 g/mol. The summed E-state index contributed by atoms with van der Waals surface area (Å²) in [6.07, 6.45) is 3.16. The molecule has 0 N–H and O–H groups in total. The van der Waals surface area contributed by atoms with Crippen LogP contribution in [-0.4, -0.2) is 18.2 Å². The highest BCUT2D eigenvalue weighted by atomic mass is 32.1. The van der Waals surface area contributed by atoms with Crippen molar-refractivity contribution in [1.82, 2.24) is 4.98 Å². The third-order valence-corrected chi connectivity index (χ3v) is 5.45. The zero-order valence-electron chi connectivity index (χ0n) is 12.2. The molecule has 0 atom stereocenters. The van der Waals surface area contributed by atoms with E-state index in [1.165, 1.54) is 16.1 Å². The van der Waals surface area contributed by atoms with Gasteiger partial charge in [0, 0.05) is 24.3 Å². The Bertz CT molecular complexity index is 567. The van der Waals surface area contributed by atoms with Crippen LogP contribution in [0.5, 0.6) is 0 Å². The van der Waals surface area contributed by atoms with Crippen LogP contribution in [0.25, 0.3) is 0 Å². The molecule has 2 nitrogen and oxygen atoms in total. The quantitative estimate of drug-likeness (QED) is 0.847. The molecule has 0 bridgehead atoms. The van der Waals surface area contributed by atoms with Gasteiger partial charge in [-0.3, -0.25) is 0 Å². The van der Waals surface area contributed by atoms with Crippen LogP contribution in [0.1, 0.15) is 41.6 Å². The smallest absolute Gasteiger partial charge is 0.104 e. The van der Waals surface area contributed by atoms with E-state index >= 15 is 0 Å². The predicted molar refractivity (Wildman–Crippen MR) is 83.5 cm³/mol. The molecule has 2 heterocycles. The maximum atomic E-state index is 5.60. The number of rotatable bonds is 3. The number of thiazole rings is 1. The van der Waals surface area contributed by atoms with Gasteiger partial charge in [0.1, 0.15) is 5.01 Å². The van der Waals surface area contributed by atoms with Crippen LogP contribution in [-0.2, 0) is 16.6 Å². The van der Waals surface area contributed by atoms with Crippen molar-refractivity contribution in [2.24, 2.45) is 0 Å². The summed E-state index contributed by atoms with van der Waals surface area (Å²) < 4.78 is 5.60. The molecule has 3 rings (SSSR count). The van der Waals surface area contributed by atoms with Gasteiger partial charge < -0.3 is 4.74 Å². The molecule has 1 aliphatic heterocycles. The summed E-state index contributed by atoms with van der Waals surface area (Å²) in [5.41, 5.74) is 3.98. The Labute approximate surface area is 124 Å². The van der Waals surface area contributed by atoms with E-state index in [0.29, 0.717) is 0 Å². The van der Waals surface area contributed by atoms with Gasteiger partial charge in [-0.25, -0.2) is 4.98 Å². The van der Waals surface area contributed by atoms with E-state index in [2.05, 4.69) is 43.5 Å². The molecule has 1 saturated heterocycles. The lowest BCUT2D eigenvalue weighted by Crippen LogP contribution is -2.35. The molecule has 0 saturated carbocycles. The lowest BCUT2D eigenvalue weighted by atomic mass is 9.74. The molecule has 0 spiro atoms. The van der Waals surface area contributed by atoms with Gasteiger partial charge in [0.25, 0.3) is 0 Å². The van der Waals surface area contributed by atoms with Gasteiger partial charge in [-0.1, -0.05) is 31.2 Å². The zero-order chi connectivity index (χ0) is 14.0. The number of benzene rings is 1. The highest BCUT2D eigenvalue weighted by Gasteiger charge is 2.38. The monoisotopic (exact) mass is 287 g/mol. The third kappa shape index (κ3) is 2.40. The fraction of sp³-hybridized carbons (Fsp3) is 0.471. The molecule has 1 aliphatic rings. The van der Waals surface area contributed by atoms with Crippen LogP contribution in [0.2, 0.25) is 0 Å². The number of hydrogen-bond donors (Lipinski definition) is 0.